The third-order valence-electron chi connectivity index (χ3n) is 3.61. The van der Waals surface area contributed by atoms with Crippen LogP contribution >= 0.6 is 27.7 Å². The molecule has 0 unspecified atom stereocenters. The van der Waals surface area contributed by atoms with Gasteiger partial charge < -0.3 is 9.73 Å². The molecular formula is C18H15BrN2O4S. The molecule has 1 saturated heterocycles. The molecule has 0 bridgehead atoms. The summed E-state index contributed by atoms with van der Waals surface area (Å²) in [5.41, 5.74) is 0.825. The van der Waals surface area contributed by atoms with E-state index in [1.54, 1.807) is 25.1 Å². The normalized spacial score (nSPS) is 15.8. The molecule has 0 saturated carbocycles. The molecule has 3 rings (SSSR count). The highest BCUT2D eigenvalue weighted by atomic mass is 79.9. The monoisotopic (exact) mass is 434 g/mol. The molecule has 2 heterocycles. The molecule has 1 aromatic heterocycles. The van der Waals surface area contributed by atoms with E-state index in [1.807, 2.05) is 24.3 Å². The number of amides is 3. The van der Waals surface area contributed by atoms with Crippen molar-refractivity contribution >= 4 is 50.8 Å². The van der Waals surface area contributed by atoms with E-state index in [0.29, 0.717) is 10.7 Å². The first-order chi connectivity index (χ1) is 12.4. The van der Waals surface area contributed by atoms with E-state index in [2.05, 4.69) is 21.2 Å². The number of aryl methyl sites for hydroxylation is 1. The molecule has 1 aromatic carbocycles. The minimum Gasteiger partial charge on any atom is -0.456 e. The number of nitrogens with zero attached hydrogens (tertiary/aromatic N) is 1. The van der Waals surface area contributed by atoms with Crippen LogP contribution in [-0.4, -0.2) is 35.0 Å². The van der Waals surface area contributed by atoms with E-state index in [4.69, 9.17) is 4.42 Å². The van der Waals surface area contributed by atoms with Crippen molar-refractivity contribution in [2.45, 2.75) is 6.92 Å². The Morgan fingerprint density at radius 3 is 2.81 bits per heavy atom. The number of halogens is 1. The fourth-order valence-corrected chi connectivity index (χ4v) is 3.65. The van der Waals surface area contributed by atoms with Crippen LogP contribution in [0.15, 0.2) is 50.2 Å². The van der Waals surface area contributed by atoms with E-state index in [1.165, 1.54) is 0 Å². The first-order valence-corrected chi connectivity index (χ1v) is 9.40. The predicted molar refractivity (Wildman–Crippen MR) is 103 cm³/mol. The highest BCUT2D eigenvalue weighted by Crippen LogP contribution is 2.32. The average Bonchev–Trinajstić information content (AvgIpc) is 3.13. The average molecular weight is 435 g/mol. The van der Waals surface area contributed by atoms with E-state index >= 15 is 0 Å². The van der Waals surface area contributed by atoms with Crippen molar-refractivity contribution < 1.29 is 18.8 Å². The summed E-state index contributed by atoms with van der Waals surface area (Å²) in [6.45, 7) is 2.00. The van der Waals surface area contributed by atoms with Crippen LogP contribution in [0.2, 0.25) is 0 Å². The zero-order chi connectivity index (χ0) is 18.7. The van der Waals surface area contributed by atoms with Gasteiger partial charge in [-0.3, -0.25) is 19.3 Å². The molecule has 0 atom stereocenters. The molecule has 6 nitrogen and oxygen atoms in total. The molecule has 1 N–H and O–H groups in total. The molecule has 1 aliphatic rings. The number of thioether (sulfide) groups is 1. The summed E-state index contributed by atoms with van der Waals surface area (Å²) in [6, 6.07) is 10.7. The Morgan fingerprint density at radius 1 is 1.31 bits per heavy atom. The van der Waals surface area contributed by atoms with E-state index in [-0.39, 0.29) is 35.9 Å². The van der Waals surface area contributed by atoms with Gasteiger partial charge in [-0.15, -0.1) is 0 Å². The van der Waals surface area contributed by atoms with Crippen molar-refractivity contribution in [3.63, 3.8) is 0 Å². The Morgan fingerprint density at radius 2 is 2.12 bits per heavy atom. The molecule has 134 valence electrons. The van der Waals surface area contributed by atoms with Crippen molar-refractivity contribution in [3.05, 3.63) is 62.9 Å². The van der Waals surface area contributed by atoms with Gasteiger partial charge in [-0.1, -0.05) is 28.1 Å². The van der Waals surface area contributed by atoms with Crippen LogP contribution in [0.4, 0.5) is 4.79 Å². The van der Waals surface area contributed by atoms with Crippen molar-refractivity contribution in [1.29, 1.82) is 0 Å². The smallest absolute Gasteiger partial charge is 0.293 e. The lowest BCUT2D eigenvalue weighted by Gasteiger charge is -2.12. The van der Waals surface area contributed by atoms with Gasteiger partial charge in [0.05, 0.1) is 4.91 Å². The fourth-order valence-electron chi connectivity index (χ4n) is 2.37. The van der Waals surface area contributed by atoms with Crippen LogP contribution in [0.25, 0.3) is 6.08 Å². The van der Waals surface area contributed by atoms with Crippen LogP contribution in [0.3, 0.4) is 0 Å². The third kappa shape index (κ3) is 4.25. The second-order valence-corrected chi connectivity index (χ2v) is 7.46. The summed E-state index contributed by atoms with van der Waals surface area (Å²) < 4.78 is 6.12. The number of hydrogen-bond acceptors (Lipinski definition) is 5. The minimum atomic E-state index is -0.380. The number of rotatable bonds is 5. The molecule has 0 aliphatic carbocycles. The maximum Gasteiger partial charge on any atom is 0.293 e. The zero-order valence-corrected chi connectivity index (χ0v) is 16.2. The molecule has 3 amide bonds. The summed E-state index contributed by atoms with van der Waals surface area (Å²) in [4.78, 5) is 37.9. The number of carbonyl (C=O) groups excluding carboxylic acids is 3. The zero-order valence-electron chi connectivity index (χ0n) is 13.8. The maximum absolute atomic E-state index is 12.4. The van der Waals surface area contributed by atoms with Gasteiger partial charge in [0.1, 0.15) is 5.76 Å². The number of furan rings is 1. The van der Waals surface area contributed by atoms with Gasteiger partial charge in [-0.25, -0.2) is 0 Å². The fraction of sp³-hybridized carbons (Fsp3) is 0.167. The summed E-state index contributed by atoms with van der Waals surface area (Å²) in [5, 5.41) is 2.29. The Balaban J connectivity index is 1.60. The number of hydrogen-bond donors (Lipinski definition) is 1. The van der Waals surface area contributed by atoms with Crippen LogP contribution in [0.5, 0.6) is 0 Å². The molecule has 26 heavy (non-hydrogen) atoms. The van der Waals surface area contributed by atoms with Crippen LogP contribution in [0, 0.1) is 6.92 Å². The number of benzene rings is 1. The summed E-state index contributed by atoms with van der Waals surface area (Å²) >= 11 is 4.27. The number of nitrogens with one attached hydrogen (secondary N) is 1. The van der Waals surface area contributed by atoms with Crippen LogP contribution in [-0.2, 0) is 4.79 Å². The highest BCUT2D eigenvalue weighted by Gasteiger charge is 2.34. The summed E-state index contributed by atoms with van der Waals surface area (Å²) in [5.74, 6) is 0.0998. The van der Waals surface area contributed by atoms with Gasteiger partial charge in [0.15, 0.2) is 5.76 Å². The van der Waals surface area contributed by atoms with Crippen molar-refractivity contribution in [2.24, 2.45) is 0 Å². The van der Waals surface area contributed by atoms with Crippen LogP contribution in [0.1, 0.15) is 21.9 Å². The lowest BCUT2D eigenvalue weighted by Crippen LogP contribution is -2.37. The maximum atomic E-state index is 12.4. The Bertz CT molecular complexity index is 906. The number of carbonyl (C=O) groups is 3. The minimum absolute atomic E-state index is 0.103. The molecule has 2 aromatic rings. The van der Waals surface area contributed by atoms with Crippen LogP contribution < -0.4 is 5.32 Å². The van der Waals surface area contributed by atoms with Crippen molar-refractivity contribution in [3.8, 4) is 0 Å². The molecule has 0 radical (unpaired) electrons. The van der Waals surface area contributed by atoms with Gasteiger partial charge in [-0.05, 0) is 54.6 Å². The van der Waals surface area contributed by atoms with Gasteiger partial charge >= 0.3 is 0 Å². The quantitative estimate of drug-likeness (QED) is 0.723. The van der Waals surface area contributed by atoms with E-state index < -0.39 is 0 Å². The topological polar surface area (TPSA) is 79.6 Å². The van der Waals surface area contributed by atoms with Crippen molar-refractivity contribution in [1.82, 2.24) is 10.2 Å². The molecule has 0 spiro atoms. The lowest BCUT2D eigenvalue weighted by atomic mass is 10.2. The summed E-state index contributed by atoms with van der Waals surface area (Å²) in [7, 11) is 0. The van der Waals surface area contributed by atoms with Crippen molar-refractivity contribution in [2.75, 3.05) is 13.1 Å². The Labute approximate surface area is 162 Å². The van der Waals surface area contributed by atoms with Gasteiger partial charge in [-0.2, -0.15) is 0 Å². The molecule has 8 heteroatoms. The lowest BCUT2D eigenvalue weighted by molar-refractivity contribution is -0.122. The Kier molecular flexibility index (Phi) is 5.63. The molecule has 1 fully saturated rings. The highest BCUT2D eigenvalue weighted by molar-refractivity contribution is 9.10. The van der Waals surface area contributed by atoms with Gasteiger partial charge in [0.25, 0.3) is 17.1 Å². The van der Waals surface area contributed by atoms with Gasteiger partial charge in [0.2, 0.25) is 0 Å². The first kappa shape index (κ1) is 18.5. The van der Waals surface area contributed by atoms with Gasteiger partial charge in [0, 0.05) is 17.6 Å². The first-order valence-electron chi connectivity index (χ1n) is 7.79. The SMILES string of the molecule is Cc1ccc(C(=O)NCCN2C(=O)S/C(=C\c3cccc(Br)c3)C2=O)o1. The Hall–Kier alpha value is -2.32. The standard InChI is InChI=1S/C18H15BrN2O4S/c1-11-5-6-14(25-11)16(22)20-7-8-21-17(23)15(26-18(21)24)10-12-3-2-4-13(19)9-12/h2-6,9-10H,7-8H2,1H3,(H,20,22)/b15-10-. The predicted octanol–water partition coefficient (Wildman–Crippen LogP) is 3.82. The largest absolute Gasteiger partial charge is 0.456 e. The second-order valence-electron chi connectivity index (χ2n) is 5.55. The van der Waals surface area contributed by atoms with E-state index in [0.717, 1.165) is 26.7 Å². The second kappa shape index (κ2) is 7.92. The third-order valence-corrected chi connectivity index (χ3v) is 5.01. The number of imide groups is 1. The summed E-state index contributed by atoms with van der Waals surface area (Å²) in [6.07, 6.45) is 1.68. The molecular weight excluding hydrogens is 420 g/mol. The van der Waals surface area contributed by atoms with E-state index in [9.17, 15) is 14.4 Å². The molecule has 1 aliphatic heterocycles.